The third-order valence-corrected chi connectivity index (χ3v) is 4.16. The van der Waals surface area contributed by atoms with Gasteiger partial charge in [-0.3, -0.25) is 9.82 Å². The minimum absolute atomic E-state index is 0.286. The molecule has 0 spiro atoms. The van der Waals surface area contributed by atoms with E-state index in [9.17, 15) is 8.42 Å². The Bertz CT molecular complexity index is 467. The molecule has 18 heavy (non-hydrogen) atoms. The number of unbranched alkanes of at least 4 members (excludes halogenated alkanes) is 1. The van der Waals surface area contributed by atoms with Crippen LogP contribution in [0.1, 0.15) is 45.2 Å². The molecule has 1 aromatic heterocycles. The SMILES string of the molecule is CCCCN(C)S(=O)(=O)Nc1cc(C(C)C)[nH]n1. The Kier molecular flexibility index (Phi) is 5.15. The molecule has 1 heterocycles. The van der Waals surface area contributed by atoms with Gasteiger partial charge in [-0.05, 0) is 12.3 Å². The summed E-state index contributed by atoms with van der Waals surface area (Å²) < 4.78 is 27.7. The molecule has 7 heteroatoms. The van der Waals surface area contributed by atoms with Gasteiger partial charge in [0.2, 0.25) is 0 Å². The van der Waals surface area contributed by atoms with Crippen LogP contribution in [0.2, 0.25) is 0 Å². The second-order valence-electron chi connectivity index (χ2n) is 4.65. The number of anilines is 1. The Morgan fingerprint density at radius 2 is 2.17 bits per heavy atom. The summed E-state index contributed by atoms with van der Waals surface area (Å²) in [5.41, 5.74) is 0.906. The molecule has 0 radical (unpaired) electrons. The Balaban J connectivity index is 2.69. The summed E-state index contributed by atoms with van der Waals surface area (Å²) in [5.74, 6) is 0.621. The van der Waals surface area contributed by atoms with Crippen LogP contribution in [0.5, 0.6) is 0 Å². The molecule has 104 valence electrons. The van der Waals surface area contributed by atoms with Gasteiger partial charge >= 0.3 is 10.2 Å². The monoisotopic (exact) mass is 274 g/mol. The van der Waals surface area contributed by atoms with E-state index >= 15 is 0 Å². The quantitative estimate of drug-likeness (QED) is 0.797. The van der Waals surface area contributed by atoms with Gasteiger partial charge in [0, 0.05) is 25.4 Å². The summed E-state index contributed by atoms with van der Waals surface area (Å²) in [5, 5.41) is 6.76. The minimum Gasteiger partial charge on any atom is -0.280 e. The molecule has 0 atom stereocenters. The molecule has 0 saturated carbocycles. The van der Waals surface area contributed by atoms with Gasteiger partial charge in [0.25, 0.3) is 0 Å². The Morgan fingerprint density at radius 1 is 1.50 bits per heavy atom. The first kappa shape index (κ1) is 15.0. The predicted octanol–water partition coefficient (Wildman–Crippen LogP) is 1.92. The summed E-state index contributed by atoms with van der Waals surface area (Å²) in [4.78, 5) is 0. The van der Waals surface area contributed by atoms with Gasteiger partial charge in [0.1, 0.15) is 0 Å². The molecule has 2 N–H and O–H groups in total. The van der Waals surface area contributed by atoms with Gasteiger partial charge in [-0.2, -0.15) is 17.8 Å². The van der Waals surface area contributed by atoms with Crippen LogP contribution in [-0.2, 0) is 10.2 Å². The molecule has 0 aliphatic carbocycles. The number of rotatable bonds is 7. The molecular formula is C11H22N4O2S. The summed E-state index contributed by atoms with van der Waals surface area (Å²) >= 11 is 0. The second kappa shape index (κ2) is 6.19. The first-order valence-electron chi connectivity index (χ1n) is 6.16. The van der Waals surface area contributed by atoms with E-state index in [0.717, 1.165) is 18.5 Å². The molecular weight excluding hydrogens is 252 g/mol. The largest absolute Gasteiger partial charge is 0.302 e. The Labute approximate surface area is 109 Å². The zero-order chi connectivity index (χ0) is 13.8. The maximum atomic E-state index is 11.9. The highest BCUT2D eigenvalue weighted by molar-refractivity contribution is 7.90. The number of nitrogens with one attached hydrogen (secondary N) is 2. The van der Waals surface area contributed by atoms with Crippen LogP contribution in [-0.4, -0.2) is 36.5 Å². The lowest BCUT2D eigenvalue weighted by Gasteiger charge is -2.16. The van der Waals surface area contributed by atoms with Crippen molar-refractivity contribution in [2.24, 2.45) is 0 Å². The van der Waals surface area contributed by atoms with Crippen molar-refractivity contribution in [1.29, 1.82) is 0 Å². The molecule has 0 saturated heterocycles. The molecule has 6 nitrogen and oxygen atoms in total. The number of hydrogen-bond acceptors (Lipinski definition) is 3. The summed E-state index contributed by atoms with van der Waals surface area (Å²) in [7, 11) is -1.93. The van der Waals surface area contributed by atoms with Crippen LogP contribution in [0, 0.1) is 0 Å². The lowest BCUT2D eigenvalue weighted by Crippen LogP contribution is -2.33. The standard InChI is InChI=1S/C11H22N4O2S/c1-5-6-7-15(4)18(16,17)14-11-8-10(9(2)3)12-13-11/h8-9H,5-7H2,1-4H3,(H2,12,13,14). The van der Waals surface area contributed by atoms with Gasteiger partial charge in [-0.15, -0.1) is 0 Å². The van der Waals surface area contributed by atoms with E-state index in [1.54, 1.807) is 13.1 Å². The topological polar surface area (TPSA) is 78.1 Å². The lowest BCUT2D eigenvalue weighted by atomic mass is 10.1. The third kappa shape index (κ3) is 3.99. The van der Waals surface area contributed by atoms with E-state index in [2.05, 4.69) is 14.9 Å². The van der Waals surface area contributed by atoms with Crippen molar-refractivity contribution in [3.05, 3.63) is 11.8 Å². The maximum Gasteiger partial charge on any atom is 0.302 e. The van der Waals surface area contributed by atoms with Crippen molar-refractivity contribution in [3.8, 4) is 0 Å². The van der Waals surface area contributed by atoms with Gasteiger partial charge in [-0.1, -0.05) is 27.2 Å². The van der Waals surface area contributed by atoms with Gasteiger partial charge in [0.15, 0.2) is 5.82 Å². The van der Waals surface area contributed by atoms with Crippen molar-refractivity contribution in [3.63, 3.8) is 0 Å². The van der Waals surface area contributed by atoms with E-state index < -0.39 is 10.2 Å². The molecule has 0 aliphatic rings. The maximum absolute atomic E-state index is 11.9. The van der Waals surface area contributed by atoms with E-state index in [1.807, 2.05) is 20.8 Å². The highest BCUT2D eigenvalue weighted by atomic mass is 32.2. The smallest absolute Gasteiger partial charge is 0.280 e. The van der Waals surface area contributed by atoms with Crippen LogP contribution in [0.25, 0.3) is 0 Å². The average Bonchev–Trinajstić information content (AvgIpc) is 2.73. The van der Waals surface area contributed by atoms with Crippen molar-refractivity contribution < 1.29 is 8.42 Å². The zero-order valence-corrected chi connectivity index (χ0v) is 12.2. The summed E-state index contributed by atoms with van der Waals surface area (Å²) in [6.07, 6.45) is 1.80. The highest BCUT2D eigenvalue weighted by Gasteiger charge is 2.18. The molecule has 0 aliphatic heterocycles. The highest BCUT2D eigenvalue weighted by Crippen LogP contribution is 2.16. The third-order valence-electron chi connectivity index (χ3n) is 2.69. The molecule has 0 fully saturated rings. The molecule has 0 amide bonds. The van der Waals surface area contributed by atoms with Crippen molar-refractivity contribution in [2.75, 3.05) is 18.3 Å². The lowest BCUT2D eigenvalue weighted by molar-refractivity contribution is 0.463. The van der Waals surface area contributed by atoms with Crippen LogP contribution in [0.3, 0.4) is 0 Å². The van der Waals surface area contributed by atoms with Crippen LogP contribution < -0.4 is 4.72 Å². The zero-order valence-electron chi connectivity index (χ0n) is 11.4. The molecule has 0 unspecified atom stereocenters. The van der Waals surface area contributed by atoms with Crippen LogP contribution in [0.15, 0.2) is 6.07 Å². The van der Waals surface area contributed by atoms with Gasteiger partial charge in [0.05, 0.1) is 0 Å². The number of aromatic nitrogens is 2. The Morgan fingerprint density at radius 3 is 2.67 bits per heavy atom. The van der Waals surface area contributed by atoms with E-state index in [1.165, 1.54) is 4.31 Å². The molecule has 0 bridgehead atoms. The average molecular weight is 274 g/mol. The first-order valence-corrected chi connectivity index (χ1v) is 7.60. The predicted molar refractivity (Wildman–Crippen MR) is 72.8 cm³/mol. The van der Waals surface area contributed by atoms with Crippen molar-refractivity contribution >= 4 is 16.0 Å². The van der Waals surface area contributed by atoms with E-state index in [0.29, 0.717) is 12.4 Å². The van der Waals surface area contributed by atoms with Crippen molar-refractivity contribution in [2.45, 2.75) is 39.5 Å². The summed E-state index contributed by atoms with van der Waals surface area (Å²) in [6, 6.07) is 1.72. The van der Waals surface area contributed by atoms with Gasteiger partial charge < -0.3 is 0 Å². The number of hydrogen-bond donors (Lipinski definition) is 2. The first-order chi connectivity index (χ1) is 8.36. The number of aromatic amines is 1. The second-order valence-corrected chi connectivity index (χ2v) is 6.42. The fourth-order valence-electron chi connectivity index (χ4n) is 1.40. The molecule has 1 rings (SSSR count). The minimum atomic E-state index is -3.50. The molecule has 1 aromatic rings. The van der Waals surface area contributed by atoms with Gasteiger partial charge in [-0.25, -0.2) is 0 Å². The van der Waals surface area contributed by atoms with Crippen molar-refractivity contribution in [1.82, 2.24) is 14.5 Å². The fourth-order valence-corrected chi connectivity index (χ4v) is 2.29. The fraction of sp³-hybridized carbons (Fsp3) is 0.727. The van der Waals surface area contributed by atoms with E-state index in [-0.39, 0.29) is 5.92 Å². The summed E-state index contributed by atoms with van der Waals surface area (Å²) in [6.45, 7) is 6.56. The number of H-pyrrole nitrogens is 1. The molecule has 0 aromatic carbocycles. The normalized spacial score (nSPS) is 12.3. The van der Waals surface area contributed by atoms with Crippen LogP contribution >= 0.6 is 0 Å². The van der Waals surface area contributed by atoms with E-state index in [4.69, 9.17) is 0 Å². The number of nitrogens with zero attached hydrogens (tertiary/aromatic N) is 2. The van der Waals surface area contributed by atoms with Crippen LogP contribution in [0.4, 0.5) is 5.82 Å². The Hall–Kier alpha value is -1.08.